The SMILES string of the molecule is CN(CC(=O)Nc1ccc2scnc2c1)C1CCS(=O)(=O)C1. The molecule has 6 nitrogen and oxygen atoms in total. The van der Waals surface area contributed by atoms with Gasteiger partial charge in [0.25, 0.3) is 0 Å². The molecular formula is C14H17N3O3S2. The van der Waals surface area contributed by atoms with Crippen LogP contribution in [-0.2, 0) is 14.6 Å². The number of aromatic nitrogens is 1. The number of fused-ring (bicyclic) bond motifs is 1. The lowest BCUT2D eigenvalue weighted by molar-refractivity contribution is -0.117. The molecule has 0 bridgehead atoms. The van der Waals surface area contributed by atoms with Crippen molar-refractivity contribution in [1.82, 2.24) is 9.88 Å². The summed E-state index contributed by atoms with van der Waals surface area (Å²) < 4.78 is 24.1. The molecule has 1 saturated heterocycles. The summed E-state index contributed by atoms with van der Waals surface area (Å²) >= 11 is 1.55. The van der Waals surface area contributed by atoms with E-state index in [1.807, 2.05) is 18.2 Å². The Morgan fingerprint density at radius 1 is 1.50 bits per heavy atom. The number of hydrogen-bond acceptors (Lipinski definition) is 6. The minimum Gasteiger partial charge on any atom is -0.325 e. The van der Waals surface area contributed by atoms with E-state index in [9.17, 15) is 13.2 Å². The fraction of sp³-hybridized carbons (Fsp3) is 0.429. The van der Waals surface area contributed by atoms with Crippen LogP contribution in [0.25, 0.3) is 10.2 Å². The first-order valence-electron chi connectivity index (χ1n) is 6.97. The fourth-order valence-electron chi connectivity index (χ4n) is 2.61. The maximum absolute atomic E-state index is 12.1. The molecule has 118 valence electrons. The zero-order chi connectivity index (χ0) is 15.7. The summed E-state index contributed by atoms with van der Waals surface area (Å²) in [6, 6.07) is 5.54. The fourth-order valence-corrected chi connectivity index (χ4v) is 5.08. The van der Waals surface area contributed by atoms with Crippen molar-refractivity contribution in [3.63, 3.8) is 0 Å². The van der Waals surface area contributed by atoms with E-state index < -0.39 is 9.84 Å². The van der Waals surface area contributed by atoms with Crippen LogP contribution in [0.2, 0.25) is 0 Å². The largest absolute Gasteiger partial charge is 0.325 e. The van der Waals surface area contributed by atoms with Crippen LogP contribution in [0, 0.1) is 0 Å². The van der Waals surface area contributed by atoms with Crippen LogP contribution < -0.4 is 5.32 Å². The quantitative estimate of drug-likeness (QED) is 0.910. The van der Waals surface area contributed by atoms with E-state index in [-0.39, 0.29) is 30.0 Å². The number of carbonyl (C=O) groups is 1. The van der Waals surface area contributed by atoms with Gasteiger partial charge >= 0.3 is 0 Å². The van der Waals surface area contributed by atoms with Gasteiger partial charge < -0.3 is 5.32 Å². The molecule has 1 aliphatic heterocycles. The van der Waals surface area contributed by atoms with Gasteiger partial charge in [0.15, 0.2) is 9.84 Å². The molecule has 22 heavy (non-hydrogen) atoms. The van der Waals surface area contributed by atoms with E-state index >= 15 is 0 Å². The second-order valence-corrected chi connectivity index (χ2v) is 8.67. The standard InChI is InChI=1S/C14H17N3O3S2/c1-17(11-4-5-22(19,20)8-11)7-14(18)16-10-2-3-13-12(6-10)15-9-21-13/h2-3,6,9,11H,4-5,7-8H2,1H3,(H,16,18). The van der Waals surface area contributed by atoms with E-state index in [0.717, 1.165) is 10.2 Å². The highest BCUT2D eigenvalue weighted by molar-refractivity contribution is 7.91. The Balaban J connectivity index is 1.60. The van der Waals surface area contributed by atoms with E-state index in [2.05, 4.69) is 10.3 Å². The third-order valence-corrected chi connectivity index (χ3v) is 6.40. The lowest BCUT2D eigenvalue weighted by Gasteiger charge is -2.22. The summed E-state index contributed by atoms with van der Waals surface area (Å²) in [6.45, 7) is 0.176. The van der Waals surface area contributed by atoms with Crippen molar-refractivity contribution in [2.75, 3.05) is 30.4 Å². The molecule has 1 aliphatic rings. The molecule has 3 rings (SSSR count). The minimum atomic E-state index is -2.93. The van der Waals surface area contributed by atoms with Crippen molar-refractivity contribution in [2.45, 2.75) is 12.5 Å². The highest BCUT2D eigenvalue weighted by atomic mass is 32.2. The van der Waals surface area contributed by atoms with Crippen molar-refractivity contribution in [3.8, 4) is 0 Å². The predicted molar refractivity (Wildman–Crippen MR) is 87.9 cm³/mol. The van der Waals surface area contributed by atoms with Crippen LogP contribution in [0.15, 0.2) is 23.7 Å². The summed E-state index contributed by atoms with van der Waals surface area (Å²) in [6.07, 6.45) is 0.594. The second-order valence-electron chi connectivity index (χ2n) is 5.56. The normalized spacial score (nSPS) is 20.5. The predicted octanol–water partition coefficient (Wildman–Crippen LogP) is 1.35. The van der Waals surface area contributed by atoms with Gasteiger partial charge in [0.05, 0.1) is 33.8 Å². The number of carbonyl (C=O) groups excluding carboxylic acids is 1. The summed E-state index contributed by atoms with van der Waals surface area (Å²) in [5, 5.41) is 2.83. The van der Waals surface area contributed by atoms with Crippen LogP contribution in [0.5, 0.6) is 0 Å². The van der Waals surface area contributed by atoms with E-state index in [1.165, 1.54) is 0 Å². The maximum atomic E-state index is 12.1. The van der Waals surface area contributed by atoms with Crippen molar-refractivity contribution >= 4 is 43.0 Å². The van der Waals surface area contributed by atoms with Crippen molar-refractivity contribution in [2.24, 2.45) is 0 Å². The molecule has 1 unspecified atom stereocenters. The van der Waals surface area contributed by atoms with Crippen molar-refractivity contribution in [1.29, 1.82) is 0 Å². The van der Waals surface area contributed by atoms with Gasteiger partial charge in [0.2, 0.25) is 5.91 Å². The van der Waals surface area contributed by atoms with Crippen molar-refractivity contribution < 1.29 is 13.2 Å². The Kier molecular flexibility index (Phi) is 4.16. The number of anilines is 1. The lowest BCUT2D eigenvalue weighted by Crippen LogP contribution is -2.38. The van der Waals surface area contributed by atoms with Gasteiger partial charge in [-0.05, 0) is 31.7 Å². The summed E-state index contributed by atoms with van der Waals surface area (Å²) in [4.78, 5) is 18.1. The molecule has 1 atom stereocenters. The topological polar surface area (TPSA) is 79.4 Å². The molecule has 1 aromatic heterocycles. The molecule has 8 heteroatoms. The molecule has 1 aromatic carbocycles. The number of amides is 1. The number of hydrogen-bond donors (Lipinski definition) is 1. The minimum absolute atomic E-state index is 0.0724. The first-order valence-corrected chi connectivity index (χ1v) is 9.67. The average Bonchev–Trinajstić information content (AvgIpc) is 3.04. The van der Waals surface area contributed by atoms with Gasteiger partial charge in [-0.15, -0.1) is 11.3 Å². The second kappa shape index (κ2) is 5.94. The Morgan fingerprint density at radius 3 is 3.05 bits per heavy atom. The molecule has 2 aromatic rings. The third-order valence-electron chi connectivity index (χ3n) is 3.84. The monoisotopic (exact) mass is 339 g/mol. The van der Waals surface area contributed by atoms with Crippen LogP contribution in [0.3, 0.4) is 0 Å². The molecular weight excluding hydrogens is 322 g/mol. The number of sulfone groups is 1. The first kappa shape index (κ1) is 15.4. The smallest absolute Gasteiger partial charge is 0.238 e. The maximum Gasteiger partial charge on any atom is 0.238 e. The number of likely N-dealkylation sites (N-methyl/N-ethyl adjacent to an activating group) is 1. The molecule has 1 N–H and O–H groups in total. The summed E-state index contributed by atoms with van der Waals surface area (Å²) in [5.41, 5.74) is 3.33. The summed E-state index contributed by atoms with van der Waals surface area (Å²) in [5.74, 6) is 0.201. The zero-order valence-corrected chi connectivity index (χ0v) is 13.8. The number of thiazole rings is 1. The molecule has 1 fully saturated rings. The molecule has 0 radical (unpaired) electrons. The van der Waals surface area contributed by atoms with Crippen LogP contribution in [0.4, 0.5) is 5.69 Å². The van der Waals surface area contributed by atoms with Gasteiger partial charge in [0.1, 0.15) is 0 Å². The molecule has 0 spiro atoms. The van der Waals surface area contributed by atoms with Gasteiger partial charge in [-0.25, -0.2) is 13.4 Å². The summed E-state index contributed by atoms with van der Waals surface area (Å²) in [7, 11) is -1.15. The zero-order valence-electron chi connectivity index (χ0n) is 12.2. The lowest BCUT2D eigenvalue weighted by atomic mass is 10.2. The molecule has 1 amide bonds. The van der Waals surface area contributed by atoms with E-state index in [1.54, 1.807) is 28.8 Å². The molecule has 0 aliphatic carbocycles. The number of rotatable bonds is 4. The van der Waals surface area contributed by atoms with Gasteiger partial charge in [0, 0.05) is 11.7 Å². The Hall–Kier alpha value is -1.51. The average molecular weight is 339 g/mol. The van der Waals surface area contributed by atoms with Crippen LogP contribution in [-0.4, -0.2) is 55.3 Å². The number of benzene rings is 1. The van der Waals surface area contributed by atoms with Crippen LogP contribution >= 0.6 is 11.3 Å². The highest BCUT2D eigenvalue weighted by Gasteiger charge is 2.31. The molecule has 2 heterocycles. The van der Waals surface area contributed by atoms with E-state index in [0.29, 0.717) is 12.1 Å². The molecule has 0 saturated carbocycles. The van der Waals surface area contributed by atoms with Gasteiger partial charge in [-0.1, -0.05) is 0 Å². The van der Waals surface area contributed by atoms with Gasteiger partial charge in [-0.3, -0.25) is 9.69 Å². The first-order chi connectivity index (χ1) is 10.4. The Labute approximate surface area is 133 Å². The highest BCUT2D eigenvalue weighted by Crippen LogP contribution is 2.21. The van der Waals surface area contributed by atoms with Gasteiger partial charge in [-0.2, -0.15) is 0 Å². The van der Waals surface area contributed by atoms with E-state index in [4.69, 9.17) is 0 Å². The van der Waals surface area contributed by atoms with Crippen molar-refractivity contribution in [3.05, 3.63) is 23.7 Å². The Bertz CT molecular complexity index is 801. The Morgan fingerprint density at radius 2 is 2.32 bits per heavy atom. The number of nitrogens with zero attached hydrogens (tertiary/aromatic N) is 2. The number of nitrogens with one attached hydrogen (secondary N) is 1. The van der Waals surface area contributed by atoms with Crippen LogP contribution in [0.1, 0.15) is 6.42 Å². The third kappa shape index (κ3) is 3.45.